The van der Waals surface area contributed by atoms with Gasteiger partial charge in [-0.15, -0.1) is 0 Å². The topological polar surface area (TPSA) is 74.6 Å². The van der Waals surface area contributed by atoms with E-state index in [4.69, 9.17) is 0 Å². The van der Waals surface area contributed by atoms with Crippen molar-refractivity contribution in [3.63, 3.8) is 0 Å². The minimum Gasteiger partial charge on any atom is -0.478 e. The van der Waals surface area contributed by atoms with Crippen molar-refractivity contribution in [3.05, 3.63) is 34.4 Å². The van der Waals surface area contributed by atoms with E-state index in [9.17, 15) is 19.8 Å². The van der Waals surface area contributed by atoms with Gasteiger partial charge in [0.1, 0.15) is 0 Å². The molecule has 1 aromatic carbocycles. The molecule has 0 unspecified atom stereocenters. The van der Waals surface area contributed by atoms with Crippen molar-refractivity contribution in [1.29, 1.82) is 0 Å². The summed E-state index contributed by atoms with van der Waals surface area (Å²) in [6.07, 6.45) is 12.1. The molecule has 0 saturated heterocycles. The Hall–Kier alpha value is -1.84. The van der Waals surface area contributed by atoms with Gasteiger partial charge >= 0.3 is 11.9 Å². The second-order valence-corrected chi connectivity index (χ2v) is 7.89. The number of unbranched alkanes of at least 4 members (excludes halogenated alkanes) is 7. The molecule has 1 aromatic rings. The smallest absolute Gasteiger partial charge is 0.336 e. The molecule has 0 bridgehead atoms. The van der Waals surface area contributed by atoms with Gasteiger partial charge in [0.25, 0.3) is 0 Å². The number of hydrogen-bond donors (Lipinski definition) is 2. The van der Waals surface area contributed by atoms with E-state index in [1.54, 1.807) is 0 Å². The van der Waals surface area contributed by atoms with E-state index in [-0.39, 0.29) is 11.1 Å². The van der Waals surface area contributed by atoms with Crippen LogP contribution in [0.4, 0.5) is 0 Å². The van der Waals surface area contributed by atoms with Gasteiger partial charge in [-0.1, -0.05) is 71.8 Å². The van der Waals surface area contributed by atoms with Gasteiger partial charge < -0.3 is 10.2 Å². The second-order valence-electron chi connectivity index (χ2n) is 7.89. The van der Waals surface area contributed by atoms with Crippen LogP contribution in [0, 0.1) is 5.92 Å². The van der Waals surface area contributed by atoms with Crippen LogP contribution in [0.15, 0.2) is 12.1 Å². The van der Waals surface area contributed by atoms with Crippen molar-refractivity contribution in [2.24, 2.45) is 5.92 Å². The van der Waals surface area contributed by atoms with Crippen molar-refractivity contribution in [3.8, 4) is 0 Å². The number of carboxylic acid groups (broad SMARTS) is 2. The number of hydrogen-bond acceptors (Lipinski definition) is 2. The normalized spacial score (nSPS) is 11.1. The number of aryl methyl sites for hydroxylation is 1. The summed E-state index contributed by atoms with van der Waals surface area (Å²) in [4.78, 5) is 23.3. The van der Waals surface area contributed by atoms with E-state index in [2.05, 4.69) is 20.8 Å². The summed E-state index contributed by atoms with van der Waals surface area (Å²) in [7, 11) is 0. The van der Waals surface area contributed by atoms with E-state index in [0.717, 1.165) is 36.8 Å². The molecule has 0 aliphatic heterocycles. The fraction of sp³-hybridized carbons (Fsp3) is 0.652. The minimum absolute atomic E-state index is 0.0137. The SMILES string of the molecule is CCCCCCCCCCc1ccc(C(=O)O)c(C(=O)O)c1CCC(C)C. The van der Waals surface area contributed by atoms with Gasteiger partial charge in [-0.3, -0.25) is 0 Å². The summed E-state index contributed by atoms with van der Waals surface area (Å²) >= 11 is 0. The molecule has 0 aromatic heterocycles. The Bertz CT molecular complexity index is 605. The summed E-state index contributed by atoms with van der Waals surface area (Å²) < 4.78 is 0. The third-order valence-corrected chi connectivity index (χ3v) is 5.13. The van der Waals surface area contributed by atoms with Gasteiger partial charge in [-0.2, -0.15) is 0 Å². The van der Waals surface area contributed by atoms with Crippen molar-refractivity contribution in [2.45, 2.75) is 91.4 Å². The zero-order chi connectivity index (χ0) is 20.2. The van der Waals surface area contributed by atoms with E-state index < -0.39 is 11.9 Å². The average molecular weight is 377 g/mol. The largest absolute Gasteiger partial charge is 0.478 e. The fourth-order valence-corrected chi connectivity index (χ4v) is 3.52. The summed E-state index contributed by atoms with van der Waals surface area (Å²) in [6, 6.07) is 3.29. The zero-order valence-electron chi connectivity index (χ0n) is 17.2. The minimum atomic E-state index is -1.17. The molecule has 4 nitrogen and oxygen atoms in total. The molecule has 2 N–H and O–H groups in total. The number of benzene rings is 1. The van der Waals surface area contributed by atoms with E-state index in [0.29, 0.717) is 12.3 Å². The maximum absolute atomic E-state index is 11.8. The Morgan fingerprint density at radius 2 is 1.44 bits per heavy atom. The van der Waals surface area contributed by atoms with Crippen molar-refractivity contribution in [1.82, 2.24) is 0 Å². The van der Waals surface area contributed by atoms with Gasteiger partial charge in [0, 0.05) is 0 Å². The molecule has 0 aliphatic carbocycles. The first-order chi connectivity index (χ1) is 12.9. The van der Waals surface area contributed by atoms with E-state index in [1.807, 2.05) is 6.07 Å². The van der Waals surface area contributed by atoms with Gasteiger partial charge in [-0.25, -0.2) is 9.59 Å². The van der Waals surface area contributed by atoms with Crippen molar-refractivity contribution < 1.29 is 19.8 Å². The predicted octanol–water partition coefficient (Wildman–Crippen LogP) is 6.35. The van der Waals surface area contributed by atoms with Crippen molar-refractivity contribution in [2.75, 3.05) is 0 Å². The molecule has 0 amide bonds. The van der Waals surface area contributed by atoms with Crippen LogP contribution in [-0.2, 0) is 12.8 Å². The highest BCUT2D eigenvalue weighted by Gasteiger charge is 2.22. The van der Waals surface area contributed by atoms with Crippen LogP contribution in [0.2, 0.25) is 0 Å². The van der Waals surface area contributed by atoms with Gasteiger partial charge in [0.05, 0.1) is 11.1 Å². The number of rotatable bonds is 14. The Morgan fingerprint density at radius 1 is 0.852 bits per heavy atom. The molecule has 0 radical (unpaired) electrons. The summed E-state index contributed by atoms with van der Waals surface area (Å²) in [5.41, 5.74) is 1.62. The average Bonchev–Trinajstić information content (AvgIpc) is 2.61. The molecular formula is C23H36O4. The molecule has 27 heavy (non-hydrogen) atoms. The second kappa shape index (κ2) is 12.5. The highest BCUT2D eigenvalue weighted by Crippen LogP contribution is 2.25. The molecular weight excluding hydrogens is 340 g/mol. The first-order valence-electron chi connectivity index (χ1n) is 10.5. The molecule has 0 atom stereocenters. The monoisotopic (exact) mass is 376 g/mol. The van der Waals surface area contributed by atoms with Crippen molar-refractivity contribution >= 4 is 11.9 Å². The third kappa shape index (κ3) is 8.15. The molecule has 0 heterocycles. The third-order valence-electron chi connectivity index (χ3n) is 5.13. The fourth-order valence-electron chi connectivity index (χ4n) is 3.52. The Labute approximate surface area is 164 Å². The zero-order valence-corrected chi connectivity index (χ0v) is 17.2. The predicted molar refractivity (Wildman–Crippen MR) is 110 cm³/mol. The van der Waals surface area contributed by atoms with E-state index in [1.165, 1.54) is 44.6 Å². The molecule has 0 spiro atoms. The Morgan fingerprint density at radius 3 is 1.96 bits per heavy atom. The van der Waals surface area contributed by atoms with Crippen LogP contribution in [-0.4, -0.2) is 22.2 Å². The van der Waals surface area contributed by atoms with E-state index >= 15 is 0 Å². The van der Waals surface area contributed by atoms with Crippen LogP contribution in [0.3, 0.4) is 0 Å². The lowest BCUT2D eigenvalue weighted by molar-refractivity contribution is 0.0650. The number of carboxylic acids is 2. The lowest BCUT2D eigenvalue weighted by atomic mass is 9.88. The maximum atomic E-state index is 11.8. The van der Waals surface area contributed by atoms with Gasteiger partial charge in [0.15, 0.2) is 0 Å². The van der Waals surface area contributed by atoms with Gasteiger partial charge in [0.2, 0.25) is 0 Å². The number of carbonyl (C=O) groups is 2. The van der Waals surface area contributed by atoms with Crippen LogP contribution in [0.5, 0.6) is 0 Å². The lowest BCUT2D eigenvalue weighted by Gasteiger charge is -2.16. The van der Waals surface area contributed by atoms with Crippen LogP contribution in [0.1, 0.15) is 110 Å². The molecule has 0 aliphatic rings. The van der Waals surface area contributed by atoms with Gasteiger partial charge in [-0.05, 0) is 48.8 Å². The quantitative estimate of drug-likeness (QED) is 0.371. The Kier molecular flexibility index (Phi) is 10.8. The first kappa shape index (κ1) is 23.2. The first-order valence-corrected chi connectivity index (χ1v) is 10.5. The molecule has 152 valence electrons. The Balaban J connectivity index is 2.81. The summed E-state index contributed by atoms with van der Waals surface area (Å²) in [5.74, 6) is -1.86. The lowest BCUT2D eigenvalue weighted by Crippen LogP contribution is -2.14. The number of aromatic carboxylic acids is 2. The molecule has 0 fully saturated rings. The summed E-state index contributed by atoms with van der Waals surface area (Å²) in [5, 5.41) is 19.0. The molecule has 0 saturated carbocycles. The van der Waals surface area contributed by atoms with Crippen LogP contribution in [0.25, 0.3) is 0 Å². The maximum Gasteiger partial charge on any atom is 0.336 e. The van der Waals surface area contributed by atoms with Crippen LogP contribution >= 0.6 is 0 Å². The highest BCUT2D eigenvalue weighted by atomic mass is 16.4. The van der Waals surface area contributed by atoms with Crippen LogP contribution < -0.4 is 0 Å². The standard InChI is InChI=1S/C23H36O4/c1-4-5-6-7-8-9-10-11-12-18-14-16-20(22(24)25)21(23(26)27)19(18)15-13-17(2)3/h14,16-17H,4-13,15H2,1-3H3,(H,24,25)(H,26,27). The molecule has 1 rings (SSSR count). The molecule has 4 heteroatoms. The highest BCUT2D eigenvalue weighted by molar-refractivity contribution is 6.03. The summed E-state index contributed by atoms with van der Waals surface area (Å²) in [6.45, 7) is 6.41.